The zero-order chi connectivity index (χ0) is 16.1. The normalized spacial score (nSPS) is 13.2. The molecular formula is C19H19N3O. The summed E-state index contributed by atoms with van der Waals surface area (Å²) in [6.07, 6.45) is 2.16. The summed E-state index contributed by atoms with van der Waals surface area (Å²) in [5, 5.41) is 11.8. The number of urea groups is 1. The first-order valence-electron chi connectivity index (χ1n) is 7.83. The van der Waals surface area contributed by atoms with Gasteiger partial charge in [-0.05, 0) is 36.1 Å². The van der Waals surface area contributed by atoms with E-state index in [1.165, 1.54) is 0 Å². The third kappa shape index (κ3) is 4.10. The van der Waals surface area contributed by atoms with Gasteiger partial charge >= 0.3 is 6.03 Å². The number of amides is 2. The molecule has 0 saturated heterocycles. The van der Waals surface area contributed by atoms with Crippen molar-refractivity contribution in [2.24, 2.45) is 0 Å². The smallest absolute Gasteiger partial charge is 0.318 e. The molecule has 1 N–H and O–H groups in total. The minimum atomic E-state index is -0.0271. The molecular weight excluding hydrogens is 286 g/mol. The van der Waals surface area contributed by atoms with Crippen molar-refractivity contribution in [3.05, 3.63) is 71.3 Å². The number of nitrogens with one attached hydrogen (secondary N) is 1. The van der Waals surface area contributed by atoms with Gasteiger partial charge in [-0.25, -0.2) is 4.79 Å². The summed E-state index contributed by atoms with van der Waals surface area (Å²) in [6.45, 7) is 1.12. The maximum atomic E-state index is 12.5. The molecule has 0 bridgehead atoms. The average Bonchev–Trinajstić information content (AvgIpc) is 3.44. The SMILES string of the molecule is N#Cc1ccc(CNC(=O)N(Cc2ccccc2)C2CC2)cc1. The largest absolute Gasteiger partial charge is 0.334 e. The lowest BCUT2D eigenvalue weighted by atomic mass is 10.1. The first kappa shape index (κ1) is 15.1. The number of hydrogen-bond acceptors (Lipinski definition) is 2. The molecule has 2 aromatic carbocycles. The molecule has 0 heterocycles. The van der Waals surface area contributed by atoms with Crippen LogP contribution in [0.2, 0.25) is 0 Å². The molecule has 2 amide bonds. The van der Waals surface area contributed by atoms with Gasteiger partial charge in [0.1, 0.15) is 0 Å². The van der Waals surface area contributed by atoms with E-state index in [9.17, 15) is 4.79 Å². The van der Waals surface area contributed by atoms with E-state index in [4.69, 9.17) is 5.26 Å². The lowest BCUT2D eigenvalue weighted by molar-refractivity contribution is 0.191. The van der Waals surface area contributed by atoms with Crippen LogP contribution in [-0.2, 0) is 13.1 Å². The predicted octanol–water partition coefficient (Wildman–Crippen LogP) is 3.43. The number of carbonyl (C=O) groups excluding carboxylic acids is 1. The van der Waals surface area contributed by atoms with Crippen LogP contribution in [0.3, 0.4) is 0 Å². The number of rotatable bonds is 5. The van der Waals surface area contributed by atoms with Crippen LogP contribution in [0.5, 0.6) is 0 Å². The number of benzene rings is 2. The molecule has 1 aliphatic carbocycles. The molecule has 0 radical (unpaired) electrons. The molecule has 1 aliphatic rings. The van der Waals surface area contributed by atoms with Crippen molar-refractivity contribution in [3.8, 4) is 6.07 Å². The average molecular weight is 305 g/mol. The lowest BCUT2D eigenvalue weighted by Crippen LogP contribution is -2.40. The van der Waals surface area contributed by atoms with Crippen LogP contribution in [0.1, 0.15) is 29.5 Å². The standard InChI is InChI=1S/C19H19N3O/c20-12-15-6-8-16(9-7-15)13-21-19(23)22(18-10-11-18)14-17-4-2-1-3-5-17/h1-9,18H,10-11,13-14H2,(H,21,23). The summed E-state index contributed by atoms with van der Waals surface area (Å²) in [5.41, 5.74) is 2.77. The van der Waals surface area contributed by atoms with Crippen LogP contribution >= 0.6 is 0 Å². The van der Waals surface area contributed by atoms with Gasteiger partial charge in [-0.2, -0.15) is 5.26 Å². The molecule has 4 nitrogen and oxygen atoms in total. The van der Waals surface area contributed by atoms with Gasteiger partial charge in [-0.15, -0.1) is 0 Å². The molecule has 0 aromatic heterocycles. The number of carbonyl (C=O) groups is 1. The number of nitrogens with zero attached hydrogens (tertiary/aromatic N) is 2. The molecule has 0 atom stereocenters. The molecule has 116 valence electrons. The minimum absolute atomic E-state index is 0.0271. The Morgan fingerprint density at radius 2 is 1.78 bits per heavy atom. The van der Waals surface area contributed by atoms with Gasteiger partial charge in [0.15, 0.2) is 0 Å². The second-order valence-corrected chi connectivity index (χ2v) is 5.81. The van der Waals surface area contributed by atoms with Crippen LogP contribution in [0.25, 0.3) is 0 Å². The van der Waals surface area contributed by atoms with Gasteiger partial charge in [-0.1, -0.05) is 42.5 Å². The third-order valence-electron chi connectivity index (χ3n) is 3.97. The highest BCUT2D eigenvalue weighted by Crippen LogP contribution is 2.28. The number of nitriles is 1. The zero-order valence-corrected chi connectivity index (χ0v) is 12.9. The topological polar surface area (TPSA) is 56.1 Å². The second kappa shape index (κ2) is 6.97. The fraction of sp³-hybridized carbons (Fsp3) is 0.263. The lowest BCUT2D eigenvalue weighted by Gasteiger charge is -2.23. The van der Waals surface area contributed by atoms with Crippen molar-refractivity contribution in [3.63, 3.8) is 0 Å². The first-order valence-corrected chi connectivity index (χ1v) is 7.83. The van der Waals surface area contributed by atoms with Gasteiger partial charge in [0.05, 0.1) is 11.6 Å². The summed E-state index contributed by atoms with van der Waals surface area (Å²) in [7, 11) is 0. The Morgan fingerprint density at radius 3 is 2.39 bits per heavy atom. The predicted molar refractivity (Wildman–Crippen MR) is 88.4 cm³/mol. The fourth-order valence-corrected chi connectivity index (χ4v) is 2.51. The van der Waals surface area contributed by atoms with Crippen molar-refractivity contribution in [2.75, 3.05) is 0 Å². The van der Waals surface area contributed by atoms with Gasteiger partial charge < -0.3 is 10.2 Å². The fourth-order valence-electron chi connectivity index (χ4n) is 2.51. The van der Waals surface area contributed by atoms with E-state index in [0.717, 1.165) is 24.0 Å². The highest BCUT2D eigenvalue weighted by molar-refractivity contribution is 5.75. The minimum Gasteiger partial charge on any atom is -0.334 e. The summed E-state index contributed by atoms with van der Waals surface area (Å²) in [4.78, 5) is 14.4. The van der Waals surface area contributed by atoms with E-state index >= 15 is 0 Å². The van der Waals surface area contributed by atoms with Crippen molar-refractivity contribution in [1.29, 1.82) is 5.26 Å². The van der Waals surface area contributed by atoms with Gasteiger partial charge in [0.2, 0.25) is 0 Å². The van der Waals surface area contributed by atoms with Gasteiger partial charge in [0.25, 0.3) is 0 Å². The molecule has 1 fully saturated rings. The number of hydrogen-bond donors (Lipinski definition) is 1. The molecule has 4 heteroatoms. The van der Waals surface area contributed by atoms with Crippen LogP contribution in [-0.4, -0.2) is 17.0 Å². The van der Waals surface area contributed by atoms with Crippen molar-refractivity contribution >= 4 is 6.03 Å². The summed E-state index contributed by atoms with van der Waals surface area (Å²) < 4.78 is 0. The quantitative estimate of drug-likeness (QED) is 0.920. The molecule has 0 spiro atoms. The van der Waals surface area contributed by atoms with Crippen LogP contribution in [0.4, 0.5) is 4.79 Å². The van der Waals surface area contributed by atoms with Crippen molar-refractivity contribution < 1.29 is 4.79 Å². The van der Waals surface area contributed by atoms with Crippen molar-refractivity contribution in [1.82, 2.24) is 10.2 Å². The molecule has 0 unspecified atom stereocenters. The second-order valence-electron chi connectivity index (χ2n) is 5.81. The Kier molecular flexibility index (Phi) is 4.58. The maximum absolute atomic E-state index is 12.5. The van der Waals surface area contributed by atoms with E-state index < -0.39 is 0 Å². The Balaban J connectivity index is 1.59. The van der Waals surface area contributed by atoms with E-state index in [0.29, 0.717) is 24.7 Å². The van der Waals surface area contributed by atoms with E-state index in [1.807, 2.05) is 47.4 Å². The third-order valence-corrected chi connectivity index (χ3v) is 3.97. The molecule has 2 aromatic rings. The van der Waals surface area contributed by atoms with Crippen LogP contribution in [0, 0.1) is 11.3 Å². The van der Waals surface area contributed by atoms with E-state index in [2.05, 4.69) is 11.4 Å². The van der Waals surface area contributed by atoms with Crippen LogP contribution in [0.15, 0.2) is 54.6 Å². The Morgan fingerprint density at radius 1 is 1.09 bits per heavy atom. The highest BCUT2D eigenvalue weighted by atomic mass is 16.2. The molecule has 23 heavy (non-hydrogen) atoms. The Bertz CT molecular complexity index is 700. The first-order chi connectivity index (χ1) is 11.3. The maximum Gasteiger partial charge on any atom is 0.318 e. The Labute approximate surface area is 136 Å². The van der Waals surface area contributed by atoms with E-state index in [1.54, 1.807) is 12.1 Å². The van der Waals surface area contributed by atoms with Gasteiger partial charge in [-0.3, -0.25) is 0 Å². The van der Waals surface area contributed by atoms with E-state index in [-0.39, 0.29) is 6.03 Å². The molecule has 0 aliphatic heterocycles. The highest BCUT2D eigenvalue weighted by Gasteiger charge is 2.32. The monoisotopic (exact) mass is 305 g/mol. The van der Waals surface area contributed by atoms with Crippen molar-refractivity contribution in [2.45, 2.75) is 32.0 Å². The summed E-state index contributed by atoms with van der Waals surface area (Å²) >= 11 is 0. The molecule has 1 saturated carbocycles. The summed E-state index contributed by atoms with van der Waals surface area (Å²) in [6, 6.07) is 19.8. The Hall–Kier alpha value is -2.80. The van der Waals surface area contributed by atoms with Gasteiger partial charge in [0, 0.05) is 19.1 Å². The molecule has 3 rings (SSSR count). The zero-order valence-electron chi connectivity index (χ0n) is 12.9. The van der Waals surface area contributed by atoms with Crippen LogP contribution < -0.4 is 5.32 Å². The summed E-state index contributed by atoms with van der Waals surface area (Å²) in [5.74, 6) is 0.